The molecule has 0 radical (unpaired) electrons. The minimum absolute atomic E-state index is 0.147. The second kappa shape index (κ2) is 12.4. The van der Waals surface area contributed by atoms with E-state index in [0.29, 0.717) is 5.57 Å². The average molecular weight is 260 g/mol. The van der Waals surface area contributed by atoms with Crippen LogP contribution >= 0.6 is 0 Å². The fourth-order valence-corrected chi connectivity index (χ4v) is 1.16. The number of carbonyl (C=O) groups is 1. The number of carbonyl (C=O) groups excluding carboxylic acids is 1. The third kappa shape index (κ3) is 7.77. The molecule has 0 amide bonds. The van der Waals surface area contributed by atoms with E-state index in [0.717, 1.165) is 0 Å². The lowest BCUT2D eigenvalue weighted by molar-refractivity contribution is -0.111. The lowest BCUT2D eigenvalue weighted by atomic mass is 10.0. The van der Waals surface area contributed by atoms with Gasteiger partial charge in [-0.2, -0.15) is 0 Å². The smallest absolute Gasteiger partial charge is 0.196 e. The van der Waals surface area contributed by atoms with Gasteiger partial charge in [-0.05, 0) is 19.9 Å². The number of Topliss-reactive ketones (excluding diaryl/α,β-unsaturated/α-hetero) is 1. The Morgan fingerprint density at radius 3 is 2.05 bits per heavy atom. The Kier molecular flexibility index (Phi) is 12.5. The van der Waals surface area contributed by atoms with E-state index in [-0.39, 0.29) is 17.1 Å². The third-order valence-electron chi connectivity index (χ3n) is 1.92. The van der Waals surface area contributed by atoms with Crippen molar-refractivity contribution in [2.45, 2.75) is 27.7 Å². The maximum Gasteiger partial charge on any atom is 0.196 e. The molecular formula is C17H24O2. The zero-order chi connectivity index (χ0) is 15.3. The molecular weight excluding hydrogens is 236 g/mol. The highest BCUT2D eigenvalue weighted by atomic mass is 16.3. The monoisotopic (exact) mass is 260 g/mol. The van der Waals surface area contributed by atoms with Gasteiger partial charge in [0.05, 0.1) is 5.57 Å². The zero-order valence-electron chi connectivity index (χ0n) is 12.3. The van der Waals surface area contributed by atoms with Gasteiger partial charge >= 0.3 is 0 Å². The lowest BCUT2D eigenvalue weighted by Crippen LogP contribution is -2.06. The summed E-state index contributed by atoms with van der Waals surface area (Å²) in [5, 5.41) is 9.36. The number of allylic oxidation sites excluding steroid dienone is 9. The summed E-state index contributed by atoms with van der Waals surface area (Å²) in [6.07, 6.45) is 11.6. The van der Waals surface area contributed by atoms with Crippen molar-refractivity contribution in [1.82, 2.24) is 0 Å². The van der Waals surface area contributed by atoms with Crippen molar-refractivity contribution in [2.75, 3.05) is 0 Å². The quantitative estimate of drug-likeness (QED) is 0.421. The first kappa shape index (κ1) is 19.3. The van der Waals surface area contributed by atoms with E-state index in [9.17, 15) is 9.90 Å². The van der Waals surface area contributed by atoms with Crippen LogP contribution in [0, 0.1) is 0 Å². The molecule has 0 rings (SSSR count). The molecule has 0 heterocycles. The van der Waals surface area contributed by atoms with Crippen molar-refractivity contribution >= 4 is 5.78 Å². The topological polar surface area (TPSA) is 37.3 Å². The number of hydrogen-bond donors (Lipinski definition) is 1. The van der Waals surface area contributed by atoms with Crippen molar-refractivity contribution in [3.63, 3.8) is 0 Å². The van der Waals surface area contributed by atoms with Gasteiger partial charge in [0.25, 0.3) is 0 Å². The maximum atomic E-state index is 12.1. The van der Waals surface area contributed by atoms with E-state index in [1.807, 2.05) is 33.8 Å². The standard InChI is InChI=1S/C15H18O2.C2H6/c1-5-8-11-13(9-6-2)15(17)14(10-7-3)12(4)16;1-2/h5-11,16H,3-4H2,1-2H3;1-2H3/b8-5-,9-6-,13-11+,14-10+;. The van der Waals surface area contributed by atoms with Gasteiger partial charge in [0.15, 0.2) is 5.78 Å². The summed E-state index contributed by atoms with van der Waals surface area (Å²) in [6, 6.07) is 0. The van der Waals surface area contributed by atoms with Crippen LogP contribution in [0.25, 0.3) is 0 Å². The molecule has 2 nitrogen and oxygen atoms in total. The molecule has 0 spiro atoms. The fraction of sp³-hybridized carbons (Fsp3) is 0.235. The molecule has 2 heteroatoms. The lowest BCUT2D eigenvalue weighted by Gasteiger charge is -2.04. The number of aliphatic hydroxyl groups excluding tert-OH is 1. The van der Waals surface area contributed by atoms with Crippen molar-refractivity contribution < 1.29 is 9.90 Å². The number of rotatable bonds is 6. The Balaban J connectivity index is 0. The van der Waals surface area contributed by atoms with Gasteiger partial charge in [-0.3, -0.25) is 4.79 Å². The molecule has 19 heavy (non-hydrogen) atoms. The summed E-state index contributed by atoms with van der Waals surface area (Å²) < 4.78 is 0. The first-order chi connectivity index (χ1) is 9.08. The highest BCUT2D eigenvalue weighted by Gasteiger charge is 2.14. The predicted molar refractivity (Wildman–Crippen MR) is 84.1 cm³/mol. The minimum atomic E-state index is -0.284. The SMILES string of the molecule is C=C/C=C(\C(=C)O)C(=O)C(/C=C\C)=C/C=C\C.CC. The third-order valence-corrected chi connectivity index (χ3v) is 1.92. The van der Waals surface area contributed by atoms with Crippen LogP contribution in [0.5, 0.6) is 0 Å². The first-order valence-electron chi connectivity index (χ1n) is 6.29. The molecule has 1 N–H and O–H groups in total. The molecule has 0 saturated carbocycles. The highest BCUT2D eigenvalue weighted by Crippen LogP contribution is 2.14. The van der Waals surface area contributed by atoms with Gasteiger partial charge in [-0.15, -0.1) is 0 Å². The second-order valence-corrected chi connectivity index (χ2v) is 3.24. The normalized spacial score (nSPS) is 12.2. The van der Waals surface area contributed by atoms with Gasteiger partial charge in [-0.1, -0.05) is 63.5 Å². The summed E-state index contributed by atoms with van der Waals surface area (Å²) in [6.45, 7) is 14.5. The summed E-state index contributed by atoms with van der Waals surface area (Å²) in [5.41, 5.74) is 0.628. The first-order valence-corrected chi connectivity index (χ1v) is 6.29. The molecule has 0 atom stereocenters. The Hall–Kier alpha value is -2.09. The molecule has 0 fully saturated rings. The van der Waals surface area contributed by atoms with Gasteiger partial charge in [-0.25, -0.2) is 0 Å². The molecule has 104 valence electrons. The molecule has 0 aromatic heterocycles. The molecule has 0 aliphatic carbocycles. The number of aliphatic hydroxyl groups is 1. The van der Waals surface area contributed by atoms with E-state index < -0.39 is 0 Å². The van der Waals surface area contributed by atoms with Gasteiger partial charge in [0.1, 0.15) is 5.76 Å². The van der Waals surface area contributed by atoms with Gasteiger partial charge in [0, 0.05) is 5.57 Å². The average Bonchev–Trinajstić information content (AvgIpc) is 2.42. The van der Waals surface area contributed by atoms with E-state index in [2.05, 4.69) is 13.2 Å². The summed E-state index contributed by atoms with van der Waals surface area (Å²) in [5.74, 6) is -0.542. The van der Waals surface area contributed by atoms with E-state index in [1.54, 1.807) is 24.3 Å². The van der Waals surface area contributed by atoms with Crippen molar-refractivity contribution in [3.8, 4) is 0 Å². The summed E-state index contributed by atoms with van der Waals surface area (Å²) in [4.78, 5) is 12.1. The summed E-state index contributed by atoms with van der Waals surface area (Å²) >= 11 is 0. The van der Waals surface area contributed by atoms with Crippen LogP contribution in [0.3, 0.4) is 0 Å². The van der Waals surface area contributed by atoms with Crippen molar-refractivity contribution in [1.29, 1.82) is 0 Å². The van der Waals surface area contributed by atoms with Gasteiger partial charge < -0.3 is 5.11 Å². The molecule has 0 aliphatic heterocycles. The predicted octanol–water partition coefficient (Wildman–Crippen LogP) is 4.84. The van der Waals surface area contributed by atoms with Crippen LogP contribution in [0.15, 0.2) is 72.6 Å². The molecule has 0 unspecified atom stereocenters. The number of ketones is 1. The Bertz CT molecular complexity index is 419. The molecule has 0 aromatic rings. The Morgan fingerprint density at radius 2 is 1.68 bits per heavy atom. The molecule has 0 saturated heterocycles. The minimum Gasteiger partial charge on any atom is -0.508 e. The Morgan fingerprint density at radius 1 is 1.11 bits per heavy atom. The van der Waals surface area contributed by atoms with E-state index >= 15 is 0 Å². The zero-order valence-corrected chi connectivity index (χ0v) is 12.3. The van der Waals surface area contributed by atoms with Gasteiger partial charge in [0.2, 0.25) is 0 Å². The Labute approximate surface area is 116 Å². The molecule has 0 aliphatic rings. The largest absolute Gasteiger partial charge is 0.508 e. The maximum absolute atomic E-state index is 12.1. The van der Waals surface area contributed by atoms with Crippen LogP contribution in [0.2, 0.25) is 0 Å². The van der Waals surface area contributed by atoms with Crippen molar-refractivity contribution in [3.05, 3.63) is 72.6 Å². The fourth-order valence-electron chi connectivity index (χ4n) is 1.16. The second-order valence-electron chi connectivity index (χ2n) is 3.24. The van der Waals surface area contributed by atoms with E-state index in [1.165, 1.54) is 12.2 Å². The van der Waals surface area contributed by atoms with Crippen molar-refractivity contribution in [2.24, 2.45) is 0 Å². The number of hydrogen-bond acceptors (Lipinski definition) is 2. The van der Waals surface area contributed by atoms with Crippen LogP contribution < -0.4 is 0 Å². The molecule has 0 bridgehead atoms. The highest BCUT2D eigenvalue weighted by molar-refractivity contribution is 6.12. The molecule has 0 aromatic carbocycles. The van der Waals surface area contributed by atoms with E-state index in [4.69, 9.17) is 0 Å². The van der Waals surface area contributed by atoms with Crippen LogP contribution in [-0.4, -0.2) is 10.9 Å². The van der Waals surface area contributed by atoms with Crippen LogP contribution in [0.4, 0.5) is 0 Å². The van der Waals surface area contributed by atoms with Crippen LogP contribution in [0.1, 0.15) is 27.7 Å². The van der Waals surface area contributed by atoms with Crippen LogP contribution in [-0.2, 0) is 4.79 Å². The summed E-state index contributed by atoms with van der Waals surface area (Å²) in [7, 11) is 0.